The molecule has 2 aromatic heterocycles. The van der Waals surface area contributed by atoms with Crippen LogP contribution in [-0.2, 0) is 16.6 Å². The van der Waals surface area contributed by atoms with E-state index in [1.165, 1.54) is 11.1 Å². The lowest BCUT2D eigenvalue weighted by molar-refractivity contribution is 0.0952. The van der Waals surface area contributed by atoms with Gasteiger partial charge < -0.3 is 15.0 Å². The Kier molecular flexibility index (Phi) is 6.24. The number of methoxy groups -OCH3 is 1. The summed E-state index contributed by atoms with van der Waals surface area (Å²) in [5, 5.41) is 3.32. The van der Waals surface area contributed by atoms with E-state index >= 15 is 0 Å². The van der Waals surface area contributed by atoms with Crippen molar-refractivity contribution in [3.63, 3.8) is 0 Å². The van der Waals surface area contributed by atoms with Crippen molar-refractivity contribution in [2.75, 3.05) is 7.11 Å². The molecule has 1 amide bonds. The van der Waals surface area contributed by atoms with Gasteiger partial charge in [-0.15, -0.1) is 6.58 Å². The van der Waals surface area contributed by atoms with E-state index in [0.29, 0.717) is 62.8 Å². The summed E-state index contributed by atoms with van der Waals surface area (Å²) in [4.78, 5) is 28.3. The number of aryl methyl sites for hydroxylation is 2. The van der Waals surface area contributed by atoms with E-state index in [4.69, 9.17) is 4.74 Å². The molecule has 10 heteroatoms. The Labute approximate surface area is 206 Å². The molecular formula is C24H26BrN3O5S. The first-order valence-corrected chi connectivity index (χ1v) is 13.0. The quantitative estimate of drug-likeness (QED) is 0.415. The smallest absolute Gasteiger partial charge is 0.256 e. The normalized spacial score (nSPS) is 14.7. The van der Waals surface area contributed by atoms with Gasteiger partial charge in [0, 0.05) is 21.7 Å². The number of pyridine rings is 1. The second kappa shape index (κ2) is 8.74. The van der Waals surface area contributed by atoms with Gasteiger partial charge >= 0.3 is 0 Å². The number of nitrogens with one attached hydrogen (secondary N) is 2. The minimum Gasteiger partial charge on any atom is -0.496 e. The van der Waals surface area contributed by atoms with Crippen molar-refractivity contribution >= 4 is 42.8 Å². The van der Waals surface area contributed by atoms with Gasteiger partial charge in [0.05, 0.1) is 35.0 Å². The number of allylic oxidation sites excluding steroid dienone is 1. The van der Waals surface area contributed by atoms with Crippen molar-refractivity contribution in [3.05, 3.63) is 74.3 Å². The number of carbonyl (C=O) groups excluding carboxylic acids is 1. The molecule has 34 heavy (non-hydrogen) atoms. The van der Waals surface area contributed by atoms with E-state index < -0.39 is 20.7 Å². The summed E-state index contributed by atoms with van der Waals surface area (Å²) < 4.78 is 33.4. The van der Waals surface area contributed by atoms with Crippen molar-refractivity contribution in [1.82, 2.24) is 14.3 Å². The van der Waals surface area contributed by atoms with Crippen LogP contribution in [0.1, 0.15) is 46.4 Å². The van der Waals surface area contributed by atoms with E-state index in [1.54, 1.807) is 44.3 Å². The van der Waals surface area contributed by atoms with Crippen LogP contribution in [0.4, 0.5) is 0 Å². The van der Waals surface area contributed by atoms with E-state index in [0.717, 1.165) is 0 Å². The number of rotatable bonds is 8. The van der Waals surface area contributed by atoms with Crippen LogP contribution < -0.4 is 15.6 Å². The molecule has 2 heterocycles. The Balaban J connectivity index is 1.75. The molecule has 0 unspecified atom stereocenters. The first-order valence-electron chi connectivity index (χ1n) is 10.8. The fourth-order valence-electron chi connectivity index (χ4n) is 4.35. The summed E-state index contributed by atoms with van der Waals surface area (Å²) in [5.41, 5.74) is 2.00. The van der Waals surface area contributed by atoms with Crippen LogP contribution in [0.15, 0.2) is 46.3 Å². The molecule has 1 aliphatic rings. The number of halogens is 1. The van der Waals surface area contributed by atoms with E-state index in [1.807, 2.05) is 0 Å². The van der Waals surface area contributed by atoms with Crippen molar-refractivity contribution in [1.29, 1.82) is 0 Å². The van der Waals surface area contributed by atoms with Crippen LogP contribution in [0.5, 0.6) is 5.75 Å². The molecule has 3 aromatic rings. The average molecular weight is 548 g/mol. The van der Waals surface area contributed by atoms with Crippen LogP contribution in [0.25, 0.3) is 10.9 Å². The van der Waals surface area contributed by atoms with E-state index in [-0.39, 0.29) is 12.1 Å². The van der Waals surface area contributed by atoms with Gasteiger partial charge in [-0.3, -0.25) is 9.59 Å². The number of ether oxygens (including phenoxy) is 1. The maximum Gasteiger partial charge on any atom is 0.256 e. The van der Waals surface area contributed by atoms with E-state index in [2.05, 4.69) is 32.8 Å². The average Bonchev–Trinajstić information content (AvgIpc) is 3.49. The predicted molar refractivity (Wildman–Crippen MR) is 135 cm³/mol. The van der Waals surface area contributed by atoms with Crippen LogP contribution in [0.3, 0.4) is 0 Å². The molecule has 1 fully saturated rings. The topological polar surface area (TPSA) is 110 Å². The summed E-state index contributed by atoms with van der Waals surface area (Å²) >= 11 is 3.42. The maximum atomic E-state index is 13.5. The number of fused-ring (bicyclic) bond motifs is 1. The molecule has 1 aromatic carbocycles. The Morgan fingerprint density at radius 2 is 2.03 bits per heavy atom. The number of carbonyl (C=O) groups is 1. The van der Waals surface area contributed by atoms with Crippen LogP contribution >= 0.6 is 15.9 Å². The van der Waals surface area contributed by atoms with Crippen LogP contribution in [-0.4, -0.2) is 35.1 Å². The SMILES string of the molecule is C=CCC1(S(=O)(=O)n2cc(C)c3c(C(=O)NCc4c(OC)cc(C)[nH]c4=O)cc(Br)cc32)CC1. The van der Waals surface area contributed by atoms with Gasteiger partial charge in [-0.25, -0.2) is 12.4 Å². The van der Waals surface area contributed by atoms with Crippen LogP contribution in [0, 0.1) is 13.8 Å². The summed E-state index contributed by atoms with van der Waals surface area (Å²) in [6, 6.07) is 5.04. The zero-order valence-corrected chi connectivity index (χ0v) is 21.6. The van der Waals surface area contributed by atoms with Crippen molar-refractivity contribution in [2.24, 2.45) is 0 Å². The summed E-state index contributed by atoms with van der Waals surface area (Å²) in [6.45, 7) is 7.18. The molecule has 0 radical (unpaired) electrons. The number of aromatic nitrogens is 2. The minimum atomic E-state index is -3.70. The zero-order valence-electron chi connectivity index (χ0n) is 19.2. The molecule has 180 valence electrons. The Morgan fingerprint density at radius 1 is 1.32 bits per heavy atom. The number of nitrogens with zero attached hydrogens (tertiary/aromatic N) is 1. The molecule has 0 saturated heterocycles. The molecule has 1 aliphatic carbocycles. The Morgan fingerprint density at radius 3 is 2.65 bits per heavy atom. The van der Waals surface area contributed by atoms with Gasteiger partial charge in [0.25, 0.3) is 11.5 Å². The standard InChI is InChI=1S/C24H26BrN3O5S/c1-5-6-24(7-8-24)34(31,32)28-13-14(2)21-17(10-16(25)11-19(21)28)22(29)26-12-18-20(33-4)9-15(3)27-23(18)30/h5,9-11,13H,1,6-8,12H2,2-4H3,(H,26,29)(H,27,30). The monoisotopic (exact) mass is 547 g/mol. The predicted octanol–water partition coefficient (Wildman–Crippen LogP) is 3.93. The molecule has 0 bridgehead atoms. The fourth-order valence-corrected chi connectivity index (χ4v) is 6.86. The molecule has 1 saturated carbocycles. The highest BCUT2D eigenvalue weighted by atomic mass is 79.9. The Bertz CT molecular complexity index is 1480. The number of benzene rings is 1. The number of hydrogen-bond donors (Lipinski definition) is 2. The first kappa shape index (κ1) is 24.3. The third-order valence-corrected chi connectivity index (χ3v) is 9.22. The highest BCUT2D eigenvalue weighted by Crippen LogP contribution is 2.48. The highest BCUT2D eigenvalue weighted by molar-refractivity contribution is 9.10. The minimum absolute atomic E-state index is 0.0495. The third kappa shape index (κ3) is 3.98. The van der Waals surface area contributed by atoms with E-state index in [9.17, 15) is 18.0 Å². The molecule has 2 N–H and O–H groups in total. The molecule has 4 rings (SSSR count). The lowest BCUT2D eigenvalue weighted by Crippen LogP contribution is -2.29. The summed E-state index contributed by atoms with van der Waals surface area (Å²) in [7, 11) is -2.24. The number of H-pyrrole nitrogens is 1. The Hall–Kier alpha value is -2.85. The first-order chi connectivity index (χ1) is 16.0. The molecule has 8 nitrogen and oxygen atoms in total. The lowest BCUT2D eigenvalue weighted by Gasteiger charge is -2.17. The second-order valence-corrected chi connectivity index (χ2v) is 11.8. The summed E-state index contributed by atoms with van der Waals surface area (Å²) in [6.07, 6.45) is 4.74. The van der Waals surface area contributed by atoms with Crippen molar-refractivity contribution in [2.45, 2.75) is 44.4 Å². The van der Waals surface area contributed by atoms with Gasteiger partial charge in [-0.2, -0.15) is 0 Å². The van der Waals surface area contributed by atoms with Gasteiger partial charge in [-0.05, 0) is 56.9 Å². The highest BCUT2D eigenvalue weighted by Gasteiger charge is 2.54. The second-order valence-electron chi connectivity index (χ2n) is 8.65. The van der Waals surface area contributed by atoms with Gasteiger partial charge in [-0.1, -0.05) is 22.0 Å². The fraction of sp³-hybridized carbons (Fsp3) is 0.333. The largest absolute Gasteiger partial charge is 0.496 e. The summed E-state index contributed by atoms with van der Waals surface area (Å²) in [5.74, 6) is -0.0508. The molecule has 0 spiro atoms. The number of aromatic amines is 1. The molecule has 0 aliphatic heterocycles. The van der Waals surface area contributed by atoms with Gasteiger partial charge in [0.2, 0.25) is 10.0 Å². The van der Waals surface area contributed by atoms with Crippen molar-refractivity contribution < 1.29 is 17.9 Å². The third-order valence-electron chi connectivity index (χ3n) is 6.28. The van der Waals surface area contributed by atoms with Gasteiger partial charge in [0.1, 0.15) is 5.75 Å². The number of hydrogen-bond acceptors (Lipinski definition) is 5. The molecular weight excluding hydrogens is 522 g/mol. The lowest BCUT2D eigenvalue weighted by atomic mass is 10.1. The zero-order chi connectivity index (χ0) is 24.8. The van der Waals surface area contributed by atoms with Crippen molar-refractivity contribution in [3.8, 4) is 5.75 Å². The van der Waals surface area contributed by atoms with Gasteiger partial charge in [0.15, 0.2) is 0 Å². The number of amides is 1. The molecule has 0 atom stereocenters. The maximum absolute atomic E-state index is 13.5. The van der Waals surface area contributed by atoms with Crippen LogP contribution in [0.2, 0.25) is 0 Å².